The molecule has 2 aliphatic rings. The molecule has 2 N–H and O–H groups in total. The molecule has 0 unspecified atom stereocenters. The van der Waals surface area contributed by atoms with E-state index in [9.17, 15) is 0 Å². The second kappa shape index (κ2) is 3.32. The molecule has 12 heavy (non-hydrogen) atoms. The molecule has 0 radical (unpaired) electrons. The Morgan fingerprint density at radius 2 is 2.42 bits per heavy atom. The molecule has 2 rings (SSSR count). The molecule has 3 nitrogen and oxygen atoms in total. The highest BCUT2D eigenvalue weighted by Crippen LogP contribution is 2.31. The molecule has 2 fully saturated rings. The second-order valence-corrected chi connectivity index (χ2v) is 3.98. The maximum absolute atomic E-state index is 8.93. The van der Waals surface area contributed by atoms with Gasteiger partial charge >= 0.3 is 0 Å². The molecule has 2 heterocycles. The van der Waals surface area contributed by atoms with Crippen molar-refractivity contribution in [1.29, 1.82) is 0 Å². The molecule has 2 saturated heterocycles. The van der Waals surface area contributed by atoms with Gasteiger partial charge in [-0.1, -0.05) is 6.42 Å². The summed E-state index contributed by atoms with van der Waals surface area (Å²) in [5, 5.41) is 12.4. The molecule has 0 aromatic heterocycles. The van der Waals surface area contributed by atoms with Crippen LogP contribution >= 0.6 is 0 Å². The van der Waals surface area contributed by atoms with Crippen LogP contribution in [-0.2, 0) is 4.74 Å². The largest absolute Gasteiger partial charge is 0.394 e. The first kappa shape index (κ1) is 8.48. The lowest BCUT2D eigenvalue weighted by molar-refractivity contribution is 0.0538. The highest BCUT2D eigenvalue weighted by Gasteiger charge is 2.40. The molecule has 0 saturated carbocycles. The van der Waals surface area contributed by atoms with Crippen molar-refractivity contribution in [3.05, 3.63) is 0 Å². The van der Waals surface area contributed by atoms with Crippen LogP contribution in [0, 0.1) is 0 Å². The van der Waals surface area contributed by atoms with E-state index in [-0.39, 0.29) is 18.2 Å². The van der Waals surface area contributed by atoms with E-state index in [0.717, 1.165) is 19.6 Å². The van der Waals surface area contributed by atoms with Crippen LogP contribution in [0.2, 0.25) is 0 Å². The highest BCUT2D eigenvalue weighted by molar-refractivity contribution is 4.97. The lowest BCUT2D eigenvalue weighted by Crippen LogP contribution is -2.49. The topological polar surface area (TPSA) is 41.5 Å². The first-order chi connectivity index (χ1) is 5.85. The summed E-state index contributed by atoms with van der Waals surface area (Å²) >= 11 is 0. The van der Waals surface area contributed by atoms with E-state index in [1.807, 2.05) is 0 Å². The van der Waals surface area contributed by atoms with Gasteiger partial charge in [-0.15, -0.1) is 0 Å². The number of rotatable bonds is 1. The van der Waals surface area contributed by atoms with E-state index >= 15 is 0 Å². The minimum absolute atomic E-state index is 0.0793. The number of aliphatic hydroxyl groups excluding tert-OH is 1. The Bertz CT molecular complexity index is 155. The molecule has 0 aromatic rings. The first-order valence-electron chi connectivity index (χ1n) is 4.82. The zero-order chi connectivity index (χ0) is 8.44. The van der Waals surface area contributed by atoms with Gasteiger partial charge in [-0.3, -0.25) is 0 Å². The van der Waals surface area contributed by atoms with Crippen LogP contribution in [-0.4, -0.2) is 36.5 Å². The van der Waals surface area contributed by atoms with E-state index < -0.39 is 0 Å². The molecule has 0 bridgehead atoms. The minimum Gasteiger partial charge on any atom is -0.394 e. The zero-order valence-corrected chi connectivity index (χ0v) is 7.38. The predicted octanol–water partition coefficient (Wildman–Crippen LogP) is 0.280. The fourth-order valence-corrected chi connectivity index (χ4v) is 2.28. The molecule has 0 amide bonds. The van der Waals surface area contributed by atoms with Gasteiger partial charge in [0.25, 0.3) is 0 Å². The van der Waals surface area contributed by atoms with E-state index in [4.69, 9.17) is 9.84 Å². The Morgan fingerprint density at radius 3 is 3.00 bits per heavy atom. The van der Waals surface area contributed by atoms with E-state index in [1.165, 1.54) is 19.3 Å². The Morgan fingerprint density at radius 1 is 1.50 bits per heavy atom. The molecule has 2 aliphatic heterocycles. The quantitative estimate of drug-likeness (QED) is 0.595. The summed E-state index contributed by atoms with van der Waals surface area (Å²) in [6.45, 7) is 2.07. The smallest absolute Gasteiger partial charge is 0.0825 e. The number of nitrogens with one attached hydrogen (secondary N) is 1. The third-order valence-electron chi connectivity index (χ3n) is 3.00. The summed E-state index contributed by atoms with van der Waals surface area (Å²) in [4.78, 5) is 0. The minimum atomic E-state index is 0.0793. The summed E-state index contributed by atoms with van der Waals surface area (Å²) in [5.41, 5.74) is 0.214. The second-order valence-electron chi connectivity index (χ2n) is 3.98. The molecular weight excluding hydrogens is 154 g/mol. The Hall–Kier alpha value is -0.120. The fourth-order valence-electron chi connectivity index (χ4n) is 2.28. The van der Waals surface area contributed by atoms with Gasteiger partial charge < -0.3 is 15.2 Å². The van der Waals surface area contributed by atoms with Crippen molar-refractivity contribution < 1.29 is 9.84 Å². The lowest BCUT2D eigenvalue weighted by atomic mass is 9.87. The van der Waals surface area contributed by atoms with Crippen LogP contribution in [0.3, 0.4) is 0 Å². The number of ether oxygens (including phenoxy) is 1. The van der Waals surface area contributed by atoms with Gasteiger partial charge in [-0.2, -0.15) is 0 Å². The third kappa shape index (κ3) is 1.49. The maximum Gasteiger partial charge on any atom is 0.0825 e. The molecule has 0 aromatic carbocycles. The zero-order valence-electron chi connectivity index (χ0n) is 7.38. The first-order valence-corrected chi connectivity index (χ1v) is 4.82. The van der Waals surface area contributed by atoms with Gasteiger partial charge in [0.2, 0.25) is 0 Å². The average Bonchev–Trinajstić information content (AvgIpc) is 2.50. The highest BCUT2D eigenvalue weighted by atomic mass is 16.5. The predicted molar refractivity (Wildman–Crippen MR) is 46.0 cm³/mol. The SMILES string of the molecule is OC[C@H]1C[C@@]2(CCCCN2)CO1. The maximum atomic E-state index is 8.93. The summed E-state index contributed by atoms with van der Waals surface area (Å²) in [6.07, 6.45) is 4.86. The number of hydrogen-bond donors (Lipinski definition) is 2. The van der Waals surface area contributed by atoms with Crippen molar-refractivity contribution in [2.24, 2.45) is 0 Å². The van der Waals surface area contributed by atoms with Gasteiger partial charge in [0.15, 0.2) is 0 Å². The fraction of sp³-hybridized carbons (Fsp3) is 1.00. The van der Waals surface area contributed by atoms with Crippen LogP contribution < -0.4 is 5.32 Å². The molecule has 70 valence electrons. The van der Waals surface area contributed by atoms with Crippen molar-refractivity contribution in [1.82, 2.24) is 5.32 Å². The van der Waals surface area contributed by atoms with Crippen LogP contribution in [0.25, 0.3) is 0 Å². The van der Waals surface area contributed by atoms with Crippen LogP contribution in [0.5, 0.6) is 0 Å². The third-order valence-corrected chi connectivity index (χ3v) is 3.00. The number of piperidine rings is 1. The number of aliphatic hydroxyl groups is 1. The van der Waals surface area contributed by atoms with Crippen molar-refractivity contribution in [3.8, 4) is 0 Å². The average molecular weight is 171 g/mol. The van der Waals surface area contributed by atoms with Crippen molar-refractivity contribution in [2.45, 2.75) is 37.3 Å². The van der Waals surface area contributed by atoms with Crippen molar-refractivity contribution >= 4 is 0 Å². The number of hydrogen-bond acceptors (Lipinski definition) is 3. The summed E-state index contributed by atoms with van der Waals surface area (Å²) in [5.74, 6) is 0. The van der Waals surface area contributed by atoms with Crippen LogP contribution in [0.1, 0.15) is 25.7 Å². The summed E-state index contributed by atoms with van der Waals surface area (Å²) in [6, 6.07) is 0. The summed E-state index contributed by atoms with van der Waals surface area (Å²) < 4.78 is 5.48. The van der Waals surface area contributed by atoms with Crippen LogP contribution in [0.4, 0.5) is 0 Å². The van der Waals surface area contributed by atoms with E-state index in [0.29, 0.717) is 0 Å². The van der Waals surface area contributed by atoms with Gasteiger partial charge in [-0.25, -0.2) is 0 Å². The van der Waals surface area contributed by atoms with Gasteiger partial charge in [0.05, 0.1) is 19.3 Å². The van der Waals surface area contributed by atoms with Gasteiger partial charge in [0, 0.05) is 5.54 Å². The Kier molecular flexibility index (Phi) is 2.35. The van der Waals surface area contributed by atoms with E-state index in [2.05, 4.69) is 5.32 Å². The monoisotopic (exact) mass is 171 g/mol. The normalized spacial score (nSPS) is 42.2. The molecule has 2 atom stereocenters. The Balaban J connectivity index is 1.94. The van der Waals surface area contributed by atoms with Crippen LogP contribution in [0.15, 0.2) is 0 Å². The molecule has 0 aliphatic carbocycles. The van der Waals surface area contributed by atoms with Gasteiger partial charge in [0.1, 0.15) is 0 Å². The standard InChI is InChI=1S/C9H17NO2/c11-6-8-5-9(7-12-8)3-1-2-4-10-9/h8,10-11H,1-7H2/t8-,9+/m1/s1. The van der Waals surface area contributed by atoms with Crippen molar-refractivity contribution in [2.75, 3.05) is 19.8 Å². The van der Waals surface area contributed by atoms with E-state index in [1.54, 1.807) is 0 Å². The molecular formula is C9H17NO2. The molecule has 1 spiro atoms. The lowest BCUT2D eigenvalue weighted by Gasteiger charge is -2.33. The summed E-state index contributed by atoms with van der Waals surface area (Å²) in [7, 11) is 0. The molecule has 3 heteroatoms. The van der Waals surface area contributed by atoms with Gasteiger partial charge in [-0.05, 0) is 25.8 Å². The van der Waals surface area contributed by atoms with Crippen molar-refractivity contribution in [3.63, 3.8) is 0 Å². The Labute approximate surface area is 73.1 Å².